The monoisotopic (exact) mass is 263 g/mol. The van der Waals surface area contributed by atoms with Crippen LogP contribution >= 0.6 is 0 Å². The second-order valence-corrected chi connectivity index (χ2v) is 5.77. The van der Waals surface area contributed by atoms with Crippen molar-refractivity contribution in [2.75, 3.05) is 6.54 Å². The topological polar surface area (TPSA) is 21.3 Å². The summed E-state index contributed by atoms with van der Waals surface area (Å²) in [7, 11) is 0. The van der Waals surface area contributed by atoms with Crippen LogP contribution in [0.25, 0.3) is 0 Å². The Kier molecular flexibility index (Phi) is 3.85. The van der Waals surface area contributed by atoms with Gasteiger partial charge in [-0.3, -0.25) is 0 Å². The maximum absolute atomic E-state index is 13.0. The molecule has 0 amide bonds. The van der Waals surface area contributed by atoms with E-state index in [0.29, 0.717) is 24.2 Å². The summed E-state index contributed by atoms with van der Waals surface area (Å²) in [6.45, 7) is 3.12. The smallest absolute Gasteiger partial charge is 0.123 e. The third kappa shape index (κ3) is 2.82. The maximum atomic E-state index is 13.0. The van der Waals surface area contributed by atoms with Crippen LogP contribution in [0.3, 0.4) is 0 Å². The predicted octanol–water partition coefficient (Wildman–Crippen LogP) is 2.91. The van der Waals surface area contributed by atoms with Crippen LogP contribution in [0.2, 0.25) is 0 Å². The molecule has 4 atom stereocenters. The number of rotatable bonds is 5. The first-order valence-electron chi connectivity index (χ1n) is 7.39. The van der Waals surface area contributed by atoms with Crippen LogP contribution in [0, 0.1) is 11.7 Å². The summed E-state index contributed by atoms with van der Waals surface area (Å²) in [6.07, 6.45) is 5.52. The Balaban J connectivity index is 1.68. The molecule has 1 aromatic rings. The molecule has 2 fully saturated rings. The molecule has 0 aliphatic carbocycles. The molecule has 2 aliphatic rings. The minimum Gasteiger partial charge on any atom is -0.375 e. The molecular formula is C16H22FNO. The molecule has 2 bridgehead atoms. The highest BCUT2D eigenvalue weighted by atomic mass is 19.1. The molecule has 1 aromatic carbocycles. The number of benzene rings is 1. The fraction of sp³-hybridized carbons (Fsp3) is 0.625. The van der Waals surface area contributed by atoms with Gasteiger partial charge in [-0.2, -0.15) is 0 Å². The quantitative estimate of drug-likeness (QED) is 0.882. The van der Waals surface area contributed by atoms with Crippen molar-refractivity contribution in [3.8, 4) is 0 Å². The number of nitrogens with one attached hydrogen (secondary N) is 1. The van der Waals surface area contributed by atoms with Gasteiger partial charge in [-0.25, -0.2) is 4.39 Å². The minimum atomic E-state index is -0.160. The van der Waals surface area contributed by atoms with Gasteiger partial charge in [-0.15, -0.1) is 0 Å². The van der Waals surface area contributed by atoms with E-state index in [-0.39, 0.29) is 5.82 Å². The van der Waals surface area contributed by atoms with E-state index < -0.39 is 0 Å². The van der Waals surface area contributed by atoms with E-state index in [9.17, 15) is 4.39 Å². The predicted molar refractivity (Wildman–Crippen MR) is 73.6 cm³/mol. The number of ether oxygens (including phenoxy) is 1. The lowest BCUT2D eigenvalue weighted by Crippen LogP contribution is -2.42. The fourth-order valence-electron chi connectivity index (χ4n) is 3.61. The van der Waals surface area contributed by atoms with Gasteiger partial charge in [0.1, 0.15) is 5.82 Å². The normalized spacial score (nSPS) is 30.7. The molecular weight excluding hydrogens is 241 g/mol. The first kappa shape index (κ1) is 13.1. The van der Waals surface area contributed by atoms with Crippen LogP contribution in [0.1, 0.15) is 31.7 Å². The fourth-order valence-corrected chi connectivity index (χ4v) is 3.61. The van der Waals surface area contributed by atoms with Crippen LogP contribution in [-0.4, -0.2) is 24.8 Å². The van der Waals surface area contributed by atoms with Gasteiger partial charge in [0.15, 0.2) is 0 Å². The first-order valence-corrected chi connectivity index (χ1v) is 7.39. The molecule has 0 radical (unpaired) electrons. The number of halogens is 1. The number of hydrogen-bond acceptors (Lipinski definition) is 2. The molecule has 3 heteroatoms. The third-order valence-electron chi connectivity index (χ3n) is 4.51. The molecule has 0 aromatic heterocycles. The van der Waals surface area contributed by atoms with Crippen molar-refractivity contribution >= 4 is 0 Å². The second kappa shape index (κ2) is 5.59. The summed E-state index contributed by atoms with van der Waals surface area (Å²) in [5.74, 6) is 0.454. The lowest BCUT2D eigenvalue weighted by molar-refractivity contribution is 0.0858. The van der Waals surface area contributed by atoms with Gasteiger partial charge in [-0.05, 0) is 49.9 Å². The molecule has 2 aliphatic heterocycles. The van der Waals surface area contributed by atoms with Crippen LogP contribution in [0.4, 0.5) is 4.39 Å². The van der Waals surface area contributed by atoms with Crippen LogP contribution < -0.4 is 5.32 Å². The molecule has 104 valence electrons. The van der Waals surface area contributed by atoms with Gasteiger partial charge in [0.25, 0.3) is 0 Å². The molecule has 1 N–H and O–H groups in total. The standard InChI is InChI=1S/C16H22FNO/c1-2-18-15(9-11-3-5-12(17)6-4-11)14-10-13-7-8-16(14)19-13/h3-6,13-16,18H,2,7-10H2,1H3. The Morgan fingerprint density at radius 3 is 2.68 bits per heavy atom. The highest BCUT2D eigenvalue weighted by molar-refractivity contribution is 5.18. The van der Waals surface area contributed by atoms with Crippen molar-refractivity contribution in [3.63, 3.8) is 0 Å². The Hall–Kier alpha value is -0.930. The van der Waals surface area contributed by atoms with Crippen LogP contribution in [0.5, 0.6) is 0 Å². The van der Waals surface area contributed by atoms with E-state index in [0.717, 1.165) is 13.0 Å². The van der Waals surface area contributed by atoms with Gasteiger partial charge in [0, 0.05) is 12.0 Å². The molecule has 2 heterocycles. The van der Waals surface area contributed by atoms with Crippen molar-refractivity contribution in [2.24, 2.45) is 5.92 Å². The average molecular weight is 263 g/mol. The summed E-state index contributed by atoms with van der Waals surface area (Å²) in [6, 6.07) is 7.35. The van der Waals surface area contributed by atoms with Crippen LogP contribution in [-0.2, 0) is 11.2 Å². The van der Waals surface area contributed by atoms with E-state index in [2.05, 4.69) is 12.2 Å². The van der Waals surface area contributed by atoms with Gasteiger partial charge in [0.05, 0.1) is 12.2 Å². The van der Waals surface area contributed by atoms with E-state index >= 15 is 0 Å². The number of hydrogen-bond donors (Lipinski definition) is 1. The Labute approximate surface area is 114 Å². The maximum Gasteiger partial charge on any atom is 0.123 e. The third-order valence-corrected chi connectivity index (χ3v) is 4.51. The first-order chi connectivity index (χ1) is 9.26. The SMILES string of the molecule is CCNC(Cc1ccc(F)cc1)C1CC2CCC1O2. The molecule has 3 rings (SSSR count). The van der Waals surface area contributed by atoms with E-state index in [1.807, 2.05) is 12.1 Å². The van der Waals surface area contributed by atoms with E-state index in [4.69, 9.17) is 4.74 Å². The van der Waals surface area contributed by atoms with Gasteiger partial charge >= 0.3 is 0 Å². The van der Waals surface area contributed by atoms with Crippen molar-refractivity contribution < 1.29 is 9.13 Å². The van der Waals surface area contributed by atoms with Gasteiger partial charge < -0.3 is 10.1 Å². The Morgan fingerprint density at radius 2 is 2.11 bits per heavy atom. The Morgan fingerprint density at radius 1 is 1.32 bits per heavy atom. The van der Waals surface area contributed by atoms with Crippen molar-refractivity contribution in [2.45, 2.75) is 50.9 Å². The zero-order valence-corrected chi connectivity index (χ0v) is 11.4. The largest absolute Gasteiger partial charge is 0.375 e. The van der Waals surface area contributed by atoms with E-state index in [1.165, 1.54) is 24.8 Å². The molecule has 0 spiro atoms. The lowest BCUT2D eigenvalue weighted by atomic mass is 9.81. The summed E-state index contributed by atoms with van der Waals surface area (Å²) in [5.41, 5.74) is 1.20. The van der Waals surface area contributed by atoms with Crippen molar-refractivity contribution in [1.29, 1.82) is 0 Å². The summed E-state index contributed by atoms with van der Waals surface area (Å²) < 4.78 is 18.9. The lowest BCUT2D eigenvalue weighted by Gasteiger charge is -2.29. The van der Waals surface area contributed by atoms with Crippen molar-refractivity contribution in [3.05, 3.63) is 35.6 Å². The zero-order chi connectivity index (χ0) is 13.2. The summed E-state index contributed by atoms with van der Waals surface area (Å²) >= 11 is 0. The average Bonchev–Trinajstić information content (AvgIpc) is 3.03. The van der Waals surface area contributed by atoms with E-state index in [1.54, 1.807) is 12.1 Å². The molecule has 0 saturated carbocycles. The highest BCUT2D eigenvalue weighted by Gasteiger charge is 2.43. The van der Waals surface area contributed by atoms with Crippen molar-refractivity contribution in [1.82, 2.24) is 5.32 Å². The Bertz CT molecular complexity index is 419. The number of fused-ring (bicyclic) bond motifs is 2. The number of likely N-dealkylation sites (N-methyl/N-ethyl adjacent to an activating group) is 1. The van der Waals surface area contributed by atoms with Gasteiger partial charge in [0.2, 0.25) is 0 Å². The zero-order valence-electron chi connectivity index (χ0n) is 11.4. The second-order valence-electron chi connectivity index (χ2n) is 5.77. The molecule has 19 heavy (non-hydrogen) atoms. The highest BCUT2D eigenvalue weighted by Crippen LogP contribution is 2.41. The molecule has 2 saturated heterocycles. The summed E-state index contributed by atoms with van der Waals surface area (Å²) in [5, 5.41) is 3.60. The van der Waals surface area contributed by atoms with Gasteiger partial charge in [-0.1, -0.05) is 19.1 Å². The van der Waals surface area contributed by atoms with Crippen LogP contribution in [0.15, 0.2) is 24.3 Å². The summed E-state index contributed by atoms with van der Waals surface area (Å²) in [4.78, 5) is 0. The molecule has 2 nitrogen and oxygen atoms in total. The minimum absolute atomic E-state index is 0.160. The molecule has 4 unspecified atom stereocenters.